The molecule has 0 saturated carbocycles. The van der Waals surface area contributed by atoms with E-state index >= 15 is 0 Å². The third-order valence-electron chi connectivity index (χ3n) is 3.24. The number of hydrogen-bond acceptors (Lipinski definition) is 1. The van der Waals surface area contributed by atoms with Gasteiger partial charge < -0.3 is 10.3 Å². The lowest BCUT2D eigenvalue weighted by Crippen LogP contribution is -2.23. The van der Waals surface area contributed by atoms with Crippen LogP contribution in [0.5, 0.6) is 0 Å². The summed E-state index contributed by atoms with van der Waals surface area (Å²) in [5.74, 6) is 0. The maximum Gasteiger partial charge on any atom is 0.0473 e. The molecule has 0 radical (unpaired) electrons. The first kappa shape index (κ1) is 13.4. The number of nitrogens with one attached hydrogen (secondary N) is 2. The van der Waals surface area contributed by atoms with E-state index in [1.165, 1.54) is 16.6 Å². The van der Waals surface area contributed by atoms with Crippen LogP contribution in [0.3, 0.4) is 0 Å². The van der Waals surface area contributed by atoms with Crippen LogP contribution in [-0.2, 0) is 6.42 Å². The van der Waals surface area contributed by atoms with Crippen LogP contribution in [0.4, 0.5) is 0 Å². The van der Waals surface area contributed by atoms with Crippen molar-refractivity contribution in [3.63, 3.8) is 0 Å². The quantitative estimate of drug-likeness (QED) is 0.783. The molecule has 2 rings (SSSR count). The van der Waals surface area contributed by atoms with Gasteiger partial charge in [0.1, 0.15) is 0 Å². The van der Waals surface area contributed by atoms with Gasteiger partial charge in [-0.05, 0) is 44.0 Å². The molecule has 18 heavy (non-hydrogen) atoms. The van der Waals surface area contributed by atoms with Crippen molar-refractivity contribution in [2.45, 2.75) is 39.7 Å². The van der Waals surface area contributed by atoms with Gasteiger partial charge in [0.2, 0.25) is 0 Å². The zero-order chi connectivity index (χ0) is 13.1. The highest BCUT2D eigenvalue weighted by Crippen LogP contribution is 2.25. The minimum atomic E-state index is 0.563. The second-order valence-electron chi connectivity index (χ2n) is 5.13. The smallest absolute Gasteiger partial charge is 0.0473 e. The van der Waals surface area contributed by atoms with Crippen molar-refractivity contribution in [1.82, 2.24) is 10.3 Å². The summed E-state index contributed by atoms with van der Waals surface area (Å²) >= 11 is 6.01. The van der Waals surface area contributed by atoms with Gasteiger partial charge in [-0.15, -0.1) is 0 Å². The first-order valence-corrected chi connectivity index (χ1v) is 6.96. The average Bonchev–Trinajstić information content (AvgIpc) is 2.59. The van der Waals surface area contributed by atoms with E-state index in [9.17, 15) is 0 Å². The summed E-state index contributed by atoms with van der Waals surface area (Å²) in [6.45, 7) is 7.56. The molecular formula is C15H21ClN2. The number of hydrogen-bond donors (Lipinski definition) is 2. The Morgan fingerprint density at radius 3 is 2.83 bits per heavy atom. The Morgan fingerprint density at radius 2 is 2.11 bits per heavy atom. The van der Waals surface area contributed by atoms with Crippen LogP contribution in [0.15, 0.2) is 18.2 Å². The second-order valence-corrected chi connectivity index (χ2v) is 5.57. The van der Waals surface area contributed by atoms with Crippen molar-refractivity contribution < 1.29 is 0 Å². The van der Waals surface area contributed by atoms with Gasteiger partial charge in [0.25, 0.3) is 0 Å². The van der Waals surface area contributed by atoms with Crippen LogP contribution in [-0.4, -0.2) is 17.6 Å². The lowest BCUT2D eigenvalue weighted by atomic mass is 10.1. The van der Waals surface area contributed by atoms with Gasteiger partial charge in [0, 0.05) is 27.7 Å². The van der Waals surface area contributed by atoms with Crippen LogP contribution < -0.4 is 5.32 Å². The Hall–Kier alpha value is -0.990. The van der Waals surface area contributed by atoms with E-state index in [1.807, 2.05) is 12.1 Å². The van der Waals surface area contributed by atoms with Crippen molar-refractivity contribution in [2.24, 2.45) is 0 Å². The Kier molecular flexibility index (Phi) is 4.31. The molecule has 0 bridgehead atoms. The third kappa shape index (κ3) is 3.06. The van der Waals surface area contributed by atoms with E-state index < -0.39 is 0 Å². The van der Waals surface area contributed by atoms with E-state index in [1.54, 1.807) is 0 Å². The van der Waals surface area contributed by atoms with Crippen LogP contribution in [0.25, 0.3) is 10.9 Å². The average molecular weight is 265 g/mol. The maximum absolute atomic E-state index is 6.01. The summed E-state index contributed by atoms with van der Waals surface area (Å²) in [5.41, 5.74) is 3.83. The number of fused-ring (bicyclic) bond motifs is 1. The van der Waals surface area contributed by atoms with Crippen LogP contribution in [0.2, 0.25) is 5.02 Å². The molecule has 0 unspecified atom stereocenters. The molecule has 0 atom stereocenters. The standard InChI is InChI=1S/C15H21ClN2/c1-10(2)17-8-4-5-13-11(3)18-15-9-12(16)6-7-14(13)15/h6-7,9-10,17-18H,4-5,8H2,1-3H3. The predicted molar refractivity (Wildman–Crippen MR) is 79.5 cm³/mol. The molecule has 0 aliphatic rings. The Labute approximate surface area is 114 Å². The lowest BCUT2D eigenvalue weighted by Gasteiger charge is -2.07. The fraction of sp³-hybridized carbons (Fsp3) is 0.467. The molecule has 2 aromatic rings. The number of aromatic amines is 1. The molecule has 2 N–H and O–H groups in total. The number of H-pyrrole nitrogens is 1. The molecule has 2 nitrogen and oxygen atoms in total. The summed E-state index contributed by atoms with van der Waals surface area (Å²) in [5, 5.41) is 5.55. The zero-order valence-electron chi connectivity index (χ0n) is 11.3. The number of aryl methyl sites for hydroxylation is 2. The van der Waals surface area contributed by atoms with Crippen LogP contribution in [0, 0.1) is 6.92 Å². The van der Waals surface area contributed by atoms with Crippen molar-refractivity contribution >= 4 is 22.5 Å². The second kappa shape index (κ2) is 5.77. The molecule has 1 heterocycles. The molecule has 0 aliphatic carbocycles. The van der Waals surface area contributed by atoms with Gasteiger partial charge in [-0.1, -0.05) is 31.5 Å². The molecule has 0 saturated heterocycles. The van der Waals surface area contributed by atoms with Crippen molar-refractivity contribution in [3.05, 3.63) is 34.5 Å². The summed E-state index contributed by atoms with van der Waals surface area (Å²) in [4.78, 5) is 3.41. The summed E-state index contributed by atoms with van der Waals surface area (Å²) in [6.07, 6.45) is 2.27. The van der Waals surface area contributed by atoms with Gasteiger partial charge in [0.05, 0.1) is 0 Å². The molecule has 0 spiro atoms. The van der Waals surface area contributed by atoms with Crippen LogP contribution >= 0.6 is 11.6 Å². The Morgan fingerprint density at radius 1 is 1.33 bits per heavy atom. The van der Waals surface area contributed by atoms with E-state index in [2.05, 4.69) is 37.1 Å². The van der Waals surface area contributed by atoms with Gasteiger partial charge in [-0.2, -0.15) is 0 Å². The molecule has 0 fully saturated rings. The van der Waals surface area contributed by atoms with Crippen LogP contribution in [0.1, 0.15) is 31.5 Å². The fourth-order valence-corrected chi connectivity index (χ4v) is 2.51. The molecule has 0 amide bonds. The van der Waals surface area contributed by atoms with E-state index in [0.717, 1.165) is 29.9 Å². The normalized spacial score (nSPS) is 11.6. The van der Waals surface area contributed by atoms with E-state index in [-0.39, 0.29) is 0 Å². The minimum Gasteiger partial charge on any atom is -0.358 e. The molecule has 1 aromatic heterocycles. The molecule has 1 aromatic carbocycles. The van der Waals surface area contributed by atoms with Gasteiger partial charge >= 0.3 is 0 Å². The SMILES string of the molecule is Cc1[nH]c2cc(Cl)ccc2c1CCCNC(C)C. The highest BCUT2D eigenvalue weighted by Gasteiger charge is 2.08. The molecule has 0 aliphatic heterocycles. The number of aromatic nitrogens is 1. The van der Waals surface area contributed by atoms with E-state index in [0.29, 0.717) is 6.04 Å². The maximum atomic E-state index is 6.01. The highest BCUT2D eigenvalue weighted by molar-refractivity contribution is 6.31. The van der Waals surface area contributed by atoms with Crippen molar-refractivity contribution in [3.8, 4) is 0 Å². The topological polar surface area (TPSA) is 27.8 Å². The summed E-state index contributed by atoms with van der Waals surface area (Å²) in [6, 6.07) is 6.65. The molecule has 98 valence electrons. The highest BCUT2D eigenvalue weighted by atomic mass is 35.5. The fourth-order valence-electron chi connectivity index (χ4n) is 2.34. The monoisotopic (exact) mass is 264 g/mol. The number of benzene rings is 1. The minimum absolute atomic E-state index is 0.563. The molecule has 3 heteroatoms. The largest absolute Gasteiger partial charge is 0.358 e. The number of halogens is 1. The zero-order valence-corrected chi connectivity index (χ0v) is 12.1. The first-order chi connectivity index (χ1) is 8.58. The summed E-state index contributed by atoms with van der Waals surface area (Å²) in [7, 11) is 0. The van der Waals surface area contributed by atoms with Gasteiger partial charge in [-0.25, -0.2) is 0 Å². The Balaban J connectivity index is 2.10. The van der Waals surface area contributed by atoms with E-state index in [4.69, 9.17) is 11.6 Å². The van der Waals surface area contributed by atoms with Crippen molar-refractivity contribution in [2.75, 3.05) is 6.54 Å². The predicted octanol–water partition coefficient (Wildman–Crippen LogP) is 4.06. The van der Waals surface area contributed by atoms with Gasteiger partial charge in [-0.3, -0.25) is 0 Å². The third-order valence-corrected chi connectivity index (χ3v) is 3.47. The Bertz CT molecular complexity index is 529. The lowest BCUT2D eigenvalue weighted by molar-refractivity contribution is 0.570. The molecular weight excluding hydrogens is 244 g/mol. The summed E-state index contributed by atoms with van der Waals surface area (Å²) < 4.78 is 0. The number of rotatable bonds is 5. The van der Waals surface area contributed by atoms with Crippen molar-refractivity contribution in [1.29, 1.82) is 0 Å². The first-order valence-electron chi connectivity index (χ1n) is 6.58. The van der Waals surface area contributed by atoms with Gasteiger partial charge in [0.15, 0.2) is 0 Å².